The fourth-order valence-corrected chi connectivity index (χ4v) is 10.6. The van der Waals surface area contributed by atoms with Crippen LogP contribution in [0.3, 0.4) is 0 Å². The number of anilines is 3. The second-order valence-corrected chi connectivity index (χ2v) is 19.5. The van der Waals surface area contributed by atoms with Gasteiger partial charge in [0.2, 0.25) is 23.6 Å². The third-order valence-electron chi connectivity index (χ3n) is 14.5. The summed E-state index contributed by atoms with van der Waals surface area (Å²) in [5.41, 5.74) is 5.07. The third kappa shape index (κ3) is 12.0. The van der Waals surface area contributed by atoms with Crippen LogP contribution in [0.25, 0.3) is 0 Å². The molecule has 4 fully saturated rings. The first-order valence-electron chi connectivity index (χ1n) is 25.0. The topological polar surface area (TPSA) is 109 Å². The number of halogens is 5. The Hall–Kier alpha value is -6.65. The Morgan fingerprint density at radius 3 is 1.26 bits per heavy atom. The van der Waals surface area contributed by atoms with Crippen LogP contribution in [0.4, 0.5) is 39.0 Å². The summed E-state index contributed by atoms with van der Waals surface area (Å²) in [6.45, 7) is 1.88. The highest BCUT2D eigenvalue weighted by Crippen LogP contribution is 2.37. The zero-order valence-corrected chi connectivity index (χ0v) is 40.1. The van der Waals surface area contributed by atoms with Crippen molar-refractivity contribution in [3.05, 3.63) is 162 Å². The average molecular weight is 990 g/mol. The highest BCUT2D eigenvalue weighted by atomic mass is 19.3. The van der Waals surface area contributed by atoms with Crippen LogP contribution < -0.4 is 15.5 Å². The number of nitrogens with zero attached hydrogens (tertiary/aromatic N) is 5. The minimum absolute atomic E-state index is 0.0693. The lowest BCUT2D eigenvalue weighted by Gasteiger charge is -2.39. The average Bonchev–Trinajstić information content (AvgIpc) is 4.09. The van der Waals surface area contributed by atoms with Crippen LogP contribution >= 0.6 is 0 Å². The van der Waals surface area contributed by atoms with Crippen molar-refractivity contribution in [1.29, 1.82) is 0 Å². The third-order valence-corrected chi connectivity index (χ3v) is 14.5. The second kappa shape index (κ2) is 22.0. The maximum atomic E-state index is 14.3. The number of benzene rings is 5. The molecule has 0 saturated carbocycles. The molecule has 5 aromatic carbocycles. The van der Waals surface area contributed by atoms with E-state index in [0.29, 0.717) is 74.4 Å². The Bertz CT molecular complexity index is 2480. The van der Waals surface area contributed by atoms with Crippen LogP contribution in [0.5, 0.6) is 0 Å². The monoisotopic (exact) mass is 989 g/mol. The summed E-state index contributed by atoms with van der Waals surface area (Å²) in [6.07, 6.45) is 0.874. The number of carbonyl (C=O) groups is 4. The Kier molecular flexibility index (Phi) is 15.4. The molecule has 4 aliphatic heterocycles. The van der Waals surface area contributed by atoms with Crippen molar-refractivity contribution in [1.82, 2.24) is 19.6 Å². The summed E-state index contributed by atoms with van der Waals surface area (Å²) in [6, 6.07) is 36.2. The van der Waals surface area contributed by atoms with Crippen LogP contribution in [-0.4, -0.2) is 106 Å². The summed E-state index contributed by atoms with van der Waals surface area (Å²) in [7, 11) is 0. The molecule has 0 spiro atoms. The van der Waals surface area contributed by atoms with Gasteiger partial charge in [0.15, 0.2) is 0 Å². The number of carbonyl (C=O) groups excluding carboxylic acids is 4. The number of rotatable bonds is 15. The van der Waals surface area contributed by atoms with Crippen LogP contribution in [0.1, 0.15) is 85.7 Å². The van der Waals surface area contributed by atoms with E-state index in [1.54, 1.807) is 56.0 Å². The molecule has 4 aliphatic rings. The molecule has 4 amide bonds. The van der Waals surface area contributed by atoms with Gasteiger partial charge in [-0.05, 0) is 96.5 Å². The molecule has 2 N–H and O–H groups in total. The van der Waals surface area contributed by atoms with E-state index in [0.717, 1.165) is 16.8 Å². The molecular formula is C56H60F5N7O4. The Morgan fingerprint density at radius 1 is 0.514 bits per heavy atom. The lowest BCUT2D eigenvalue weighted by molar-refractivity contribution is -0.144. The first kappa shape index (κ1) is 50.3. The first-order valence-corrected chi connectivity index (χ1v) is 25.0. The molecule has 72 heavy (non-hydrogen) atoms. The number of nitrogens with one attached hydrogen (secondary N) is 2. The van der Waals surface area contributed by atoms with Crippen molar-refractivity contribution < 1.29 is 41.1 Å². The molecule has 3 unspecified atom stereocenters. The Morgan fingerprint density at radius 2 is 0.889 bits per heavy atom. The smallest absolute Gasteiger partial charge is 0.250 e. The first-order chi connectivity index (χ1) is 34.7. The molecule has 4 heterocycles. The summed E-state index contributed by atoms with van der Waals surface area (Å²) in [5, 5.41) is 5.99. The molecule has 0 radical (unpaired) electrons. The van der Waals surface area contributed by atoms with Crippen molar-refractivity contribution in [3.8, 4) is 0 Å². The zero-order chi connectivity index (χ0) is 50.4. The summed E-state index contributed by atoms with van der Waals surface area (Å²) in [4.78, 5) is 65.1. The molecular weight excluding hydrogens is 930 g/mol. The SMILES string of the molecule is O=C(Nc1ccc(CN(Cc2ccc(NC(=O)[C@@H]3CCCN3C(=O)C(c3ccccc3)N3CCC(F)(F)CC3)cc2)c2ccc(F)cc2)cc1)C1CCCN1C(=O)C(c1ccccc1)N1CCC(F)(F)CC1. The predicted octanol–water partition coefficient (Wildman–Crippen LogP) is 9.84. The number of hydrogen-bond acceptors (Lipinski definition) is 7. The van der Waals surface area contributed by atoms with E-state index in [-0.39, 0.29) is 81.3 Å². The van der Waals surface area contributed by atoms with Gasteiger partial charge in [-0.15, -0.1) is 0 Å². The summed E-state index contributed by atoms with van der Waals surface area (Å²) in [5.74, 6) is -7.11. The van der Waals surface area contributed by atoms with E-state index in [1.807, 2.05) is 84.9 Å². The number of alkyl halides is 4. The normalized spacial score (nSPS) is 20.9. The summed E-state index contributed by atoms with van der Waals surface area (Å²) >= 11 is 0. The van der Waals surface area contributed by atoms with E-state index in [9.17, 15) is 41.1 Å². The fourth-order valence-electron chi connectivity index (χ4n) is 10.6. The van der Waals surface area contributed by atoms with Gasteiger partial charge in [0.25, 0.3) is 11.8 Å². The molecule has 16 heteroatoms. The highest BCUT2D eigenvalue weighted by Gasteiger charge is 2.45. The largest absolute Gasteiger partial charge is 0.363 e. The van der Waals surface area contributed by atoms with Crippen molar-refractivity contribution >= 4 is 40.7 Å². The van der Waals surface area contributed by atoms with Crippen molar-refractivity contribution in [2.24, 2.45) is 0 Å². The Labute approximate surface area is 416 Å². The number of piperidine rings is 2. The van der Waals surface area contributed by atoms with E-state index < -0.39 is 36.0 Å². The van der Waals surface area contributed by atoms with Crippen molar-refractivity contribution in [3.63, 3.8) is 0 Å². The van der Waals surface area contributed by atoms with E-state index >= 15 is 0 Å². The molecule has 0 aromatic heterocycles. The fraction of sp³-hybridized carbons (Fsp3) is 0.393. The summed E-state index contributed by atoms with van der Waals surface area (Å²) < 4.78 is 70.8. The lowest BCUT2D eigenvalue weighted by atomic mass is 9.98. The highest BCUT2D eigenvalue weighted by molar-refractivity contribution is 5.99. The zero-order valence-electron chi connectivity index (χ0n) is 40.1. The van der Waals surface area contributed by atoms with Crippen LogP contribution in [0.15, 0.2) is 133 Å². The van der Waals surface area contributed by atoms with Gasteiger partial charge < -0.3 is 25.3 Å². The maximum Gasteiger partial charge on any atom is 0.250 e. The van der Waals surface area contributed by atoms with Crippen molar-refractivity contribution in [2.45, 2.75) is 100 Å². The van der Waals surface area contributed by atoms with Gasteiger partial charge in [0.1, 0.15) is 30.0 Å². The van der Waals surface area contributed by atoms with Gasteiger partial charge >= 0.3 is 0 Å². The van der Waals surface area contributed by atoms with Gasteiger partial charge in [0.05, 0.1) is 0 Å². The lowest BCUT2D eigenvalue weighted by Crippen LogP contribution is -2.51. The number of amides is 4. The van der Waals surface area contributed by atoms with E-state index in [2.05, 4.69) is 15.5 Å². The van der Waals surface area contributed by atoms with Gasteiger partial charge in [-0.3, -0.25) is 29.0 Å². The molecule has 0 bridgehead atoms. The minimum atomic E-state index is -2.77. The number of hydrogen-bond donors (Lipinski definition) is 2. The maximum absolute atomic E-state index is 14.3. The molecule has 4 atom stereocenters. The number of likely N-dealkylation sites (tertiary alicyclic amines) is 4. The second-order valence-electron chi connectivity index (χ2n) is 19.5. The van der Waals surface area contributed by atoms with Gasteiger partial charge in [-0.1, -0.05) is 84.9 Å². The van der Waals surface area contributed by atoms with E-state index in [1.165, 1.54) is 12.1 Å². The van der Waals surface area contributed by atoms with Crippen LogP contribution in [0.2, 0.25) is 0 Å². The molecule has 5 aromatic rings. The molecule has 0 aliphatic carbocycles. The van der Waals surface area contributed by atoms with E-state index in [4.69, 9.17) is 0 Å². The van der Waals surface area contributed by atoms with Gasteiger partial charge in [-0.2, -0.15) is 0 Å². The quantitative estimate of drug-likeness (QED) is 0.101. The predicted molar refractivity (Wildman–Crippen MR) is 266 cm³/mol. The molecule has 378 valence electrons. The van der Waals surface area contributed by atoms with Gasteiger partial charge in [0, 0.05) is 95.1 Å². The minimum Gasteiger partial charge on any atom is -0.363 e. The Balaban J connectivity index is 0.830. The molecule has 4 saturated heterocycles. The molecule has 9 rings (SSSR count). The van der Waals surface area contributed by atoms with Crippen LogP contribution in [-0.2, 0) is 32.3 Å². The van der Waals surface area contributed by atoms with Crippen molar-refractivity contribution in [2.75, 3.05) is 54.8 Å². The molecule has 11 nitrogen and oxygen atoms in total. The van der Waals surface area contributed by atoms with Gasteiger partial charge in [-0.25, -0.2) is 22.0 Å². The van der Waals surface area contributed by atoms with Crippen LogP contribution in [0, 0.1) is 5.82 Å². The standard InChI is InChI=1S/C56H60F5N7O4/c57-43-19-25-46(26-20-43)66(37-39-15-21-44(22-16-39)62-51(69)47-13-7-31-67(47)53(71)49(41-9-3-1-4-10-41)64-33-27-55(58,59)28-34-64)38-40-17-23-45(24-18-40)63-52(70)48-14-8-32-68(48)54(72)50(42-11-5-2-6-12-42)65-35-29-56(60,61)30-36-65/h1-6,9-12,15-26,47-50H,7-8,13-14,27-38H2,(H,62,69)(H,63,70)/t47-,48?,49?,50?/m0/s1.